The summed E-state index contributed by atoms with van der Waals surface area (Å²) in [5.74, 6) is 0. The predicted octanol–water partition coefficient (Wildman–Crippen LogP) is 4.30. The van der Waals surface area contributed by atoms with Gasteiger partial charge in [-0.15, -0.1) is 0 Å². The van der Waals surface area contributed by atoms with Crippen molar-refractivity contribution in [3.8, 4) is 0 Å². The van der Waals surface area contributed by atoms with Gasteiger partial charge in [0.15, 0.2) is 0 Å². The average Bonchev–Trinajstić information content (AvgIpc) is 2.26. The van der Waals surface area contributed by atoms with Crippen LogP contribution in [0.3, 0.4) is 0 Å². The van der Waals surface area contributed by atoms with E-state index in [9.17, 15) is 4.79 Å². The Balaban J connectivity index is 3.20. The van der Waals surface area contributed by atoms with Crippen molar-refractivity contribution in [2.45, 2.75) is 71.8 Å². The molecule has 0 aliphatic carbocycles. The van der Waals surface area contributed by atoms with Crippen LogP contribution >= 0.6 is 0 Å². The molecule has 20 heavy (non-hydrogen) atoms. The van der Waals surface area contributed by atoms with Gasteiger partial charge in [-0.2, -0.15) is 0 Å². The number of hydrogen-bond acceptors (Lipinski definition) is 2. The lowest BCUT2D eigenvalue weighted by Gasteiger charge is -2.26. The van der Waals surface area contributed by atoms with Gasteiger partial charge in [0.05, 0.1) is 0 Å². The quantitative estimate of drug-likeness (QED) is 0.819. The number of hydrogen-bond donors (Lipinski definition) is 0. The molecule has 0 saturated carbocycles. The van der Waals surface area contributed by atoms with Gasteiger partial charge in [0, 0.05) is 6.42 Å². The van der Waals surface area contributed by atoms with Crippen LogP contribution in [-0.4, -0.2) is 12.6 Å². The molecule has 1 aromatic rings. The van der Waals surface area contributed by atoms with E-state index < -0.39 is 0 Å². The van der Waals surface area contributed by atoms with Gasteiger partial charge in [-0.3, -0.25) is 0 Å². The van der Waals surface area contributed by atoms with E-state index in [0.717, 1.165) is 6.42 Å². The van der Waals surface area contributed by atoms with Crippen LogP contribution in [0, 0.1) is 0 Å². The molecule has 2 heteroatoms. The molecular weight excluding hydrogens is 248 g/mol. The summed E-state index contributed by atoms with van der Waals surface area (Å²) in [4.78, 5) is 10.3. The molecule has 0 aliphatic rings. The van der Waals surface area contributed by atoms with Crippen LogP contribution in [0.5, 0.6) is 0 Å². The van der Waals surface area contributed by atoms with Crippen molar-refractivity contribution in [3.05, 3.63) is 34.9 Å². The Morgan fingerprint density at radius 1 is 1.00 bits per heavy atom. The first-order valence-electron chi connectivity index (χ1n) is 7.22. The molecule has 1 radical (unpaired) electrons. The normalized spacial score (nSPS) is 13.9. The van der Waals surface area contributed by atoms with Crippen molar-refractivity contribution in [2.75, 3.05) is 0 Å². The Kier molecular flexibility index (Phi) is 5.01. The summed E-state index contributed by atoms with van der Waals surface area (Å²) in [6.45, 7) is 16.7. The molecule has 1 rings (SSSR count). The van der Waals surface area contributed by atoms with E-state index in [2.05, 4.69) is 59.7 Å². The van der Waals surface area contributed by atoms with Crippen LogP contribution in [0.25, 0.3) is 0 Å². The average molecular weight is 275 g/mol. The zero-order chi connectivity index (χ0) is 15.6. The lowest BCUT2D eigenvalue weighted by atomic mass is 9.79. The van der Waals surface area contributed by atoms with Crippen LogP contribution in [0.4, 0.5) is 0 Å². The first kappa shape index (κ1) is 16.7. The lowest BCUT2D eigenvalue weighted by Crippen LogP contribution is -2.18. The van der Waals surface area contributed by atoms with Crippen molar-refractivity contribution in [2.24, 2.45) is 0 Å². The number of ether oxygens (including phenoxy) is 1. The maximum atomic E-state index is 10.3. The summed E-state index contributed by atoms with van der Waals surface area (Å²) >= 11 is 0. The Morgan fingerprint density at radius 2 is 1.45 bits per heavy atom. The van der Waals surface area contributed by atoms with Crippen molar-refractivity contribution >= 4 is 6.47 Å². The summed E-state index contributed by atoms with van der Waals surface area (Å²) in [7, 11) is 0. The van der Waals surface area contributed by atoms with E-state index in [1.54, 1.807) is 0 Å². The van der Waals surface area contributed by atoms with Crippen molar-refractivity contribution in [1.82, 2.24) is 0 Å². The standard InChI is InChI=1S/C18H27O2/c1-13(20-12-19)8-14-9-15(17(2,3)4)11-16(10-14)18(5,6)7/h9-11,13H,8H2,1-7H3. The molecule has 0 heterocycles. The molecule has 111 valence electrons. The summed E-state index contributed by atoms with van der Waals surface area (Å²) in [5.41, 5.74) is 4.07. The predicted molar refractivity (Wildman–Crippen MR) is 83.8 cm³/mol. The Bertz CT molecular complexity index is 429. The Hall–Kier alpha value is -1.31. The van der Waals surface area contributed by atoms with E-state index in [-0.39, 0.29) is 16.9 Å². The fourth-order valence-electron chi connectivity index (χ4n) is 2.13. The second kappa shape index (κ2) is 5.99. The van der Waals surface area contributed by atoms with Crippen LogP contribution in [0.15, 0.2) is 18.2 Å². The zero-order valence-electron chi connectivity index (χ0n) is 13.8. The highest BCUT2D eigenvalue weighted by molar-refractivity contribution is 5.40. The molecule has 0 spiro atoms. The van der Waals surface area contributed by atoms with Crippen LogP contribution in [0.1, 0.15) is 65.2 Å². The number of carbonyl (C=O) groups excluding carboxylic acids is 1. The summed E-state index contributed by atoms with van der Waals surface area (Å²) in [5, 5.41) is 0. The summed E-state index contributed by atoms with van der Waals surface area (Å²) < 4.78 is 4.89. The third kappa shape index (κ3) is 4.66. The molecule has 0 saturated heterocycles. The zero-order valence-corrected chi connectivity index (χ0v) is 13.8. The highest BCUT2D eigenvalue weighted by atomic mass is 16.5. The summed E-state index contributed by atoms with van der Waals surface area (Å²) in [6.07, 6.45) is 0.581. The number of benzene rings is 1. The Labute approximate surface area is 123 Å². The van der Waals surface area contributed by atoms with Gasteiger partial charge in [-0.25, -0.2) is 4.79 Å². The van der Waals surface area contributed by atoms with Crippen LogP contribution < -0.4 is 0 Å². The van der Waals surface area contributed by atoms with E-state index >= 15 is 0 Å². The van der Waals surface area contributed by atoms with Crippen LogP contribution in [0.2, 0.25) is 0 Å². The molecular formula is C18H27O2. The van der Waals surface area contributed by atoms with Gasteiger partial charge < -0.3 is 4.74 Å². The highest BCUT2D eigenvalue weighted by Crippen LogP contribution is 2.30. The molecule has 0 bridgehead atoms. The Morgan fingerprint density at radius 3 is 1.80 bits per heavy atom. The first-order chi connectivity index (χ1) is 9.04. The van der Waals surface area contributed by atoms with Crippen molar-refractivity contribution in [3.63, 3.8) is 0 Å². The third-order valence-corrected chi connectivity index (χ3v) is 3.50. The van der Waals surface area contributed by atoms with Gasteiger partial charge in [-0.05, 0) is 34.4 Å². The van der Waals surface area contributed by atoms with Gasteiger partial charge in [0.25, 0.3) is 0 Å². The van der Waals surface area contributed by atoms with E-state index in [4.69, 9.17) is 4.74 Å². The molecule has 0 fully saturated rings. The van der Waals surface area contributed by atoms with E-state index in [1.165, 1.54) is 23.2 Å². The molecule has 0 aliphatic heterocycles. The van der Waals surface area contributed by atoms with Gasteiger partial charge >= 0.3 is 6.47 Å². The van der Waals surface area contributed by atoms with Gasteiger partial charge in [-0.1, -0.05) is 59.7 Å². The smallest absolute Gasteiger partial charge is 0.417 e. The van der Waals surface area contributed by atoms with Crippen molar-refractivity contribution < 1.29 is 9.53 Å². The molecule has 1 unspecified atom stereocenters. The molecule has 2 nitrogen and oxygen atoms in total. The third-order valence-electron chi connectivity index (χ3n) is 3.50. The molecule has 0 aromatic heterocycles. The van der Waals surface area contributed by atoms with E-state index in [0.29, 0.717) is 0 Å². The molecule has 1 atom stereocenters. The van der Waals surface area contributed by atoms with Crippen LogP contribution in [-0.2, 0) is 26.8 Å². The fourth-order valence-corrected chi connectivity index (χ4v) is 2.13. The minimum atomic E-state index is -0.143. The second-order valence-corrected chi connectivity index (χ2v) is 7.63. The van der Waals surface area contributed by atoms with Crippen molar-refractivity contribution in [1.29, 1.82) is 0 Å². The lowest BCUT2D eigenvalue weighted by molar-refractivity contribution is 0.194. The minimum absolute atomic E-state index is 0.108. The topological polar surface area (TPSA) is 26.3 Å². The molecule has 0 amide bonds. The fraction of sp³-hybridized carbons (Fsp3) is 0.611. The highest BCUT2D eigenvalue weighted by Gasteiger charge is 2.21. The number of rotatable bonds is 4. The minimum Gasteiger partial charge on any atom is -0.454 e. The molecule has 1 aromatic carbocycles. The summed E-state index contributed by atoms with van der Waals surface area (Å²) in [6, 6.07) is 6.74. The second-order valence-electron chi connectivity index (χ2n) is 7.63. The van der Waals surface area contributed by atoms with Gasteiger partial charge in [0.2, 0.25) is 0 Å². The largest absolute Gasteiger partial charge is 0.454 e. The monoisotopic (exact) mass is 275 g/mol. The first-order valence-corrected chi connectivity index (χ1v) is 7.22. The van der Waals surface area contributed by atoms with E-state index in [1.807, 2.05) is 6.92 Å². The maximum absolute atomic E-state index is 10.3. The SMILES string of the molecule is CC(Cc1cc(C(C)(C)C)cc(C(C)(C)C)c1)O[C]=O. The maximum Gasteiger partial charge on any atom is 0.417 e. The van der Waals surface area contributed by atoms with Gasteiger partial charge in [0.1, 0.15) is 6.10 Å². The molecule has 0 N–H and O–H groups in total.